The molecule has 3 aromatic rings. The lowest BCUT2D eigenvalue weighted by Gasteiger charge is -2.09. The third kappa shape index (κ3) is 5.16. The van der Waals surface area contributed by atoms with E-state index in [1.54, 1.807) is 24.3 Å². The lowest BCUT2D eigenvalue weighted by atomic mass is 10.1. The van der Waals surface area contributed by atoms with E-state index in [0.29, 0.717) is 22.7 Å². The van der Waals surface area contributed by atoms with Gasteiger partial charge in [0.25, 0.3) is 0 Å². The van der Waals surface area contributed by atoms with E-state index in [9.17, 15) is 4.79 Å². The highest BCUT2D eigenvalue weighted by molar-refractivity contribution is 5.94. The predicted molar refractivity (Wildman–Crippen MR) is 114 cm³/mol. The summed E-state index contributed by atoms with van der Waals surface area (Å²) in [6, 6.07) is 16.1. The van der Waals surface area contributed by atoms with Crippen molar-refractivity contribution < 1.29 is 14.3 Å². The molecular weight excluding hydrogens is 352 g/mol. The summed E-state index contributed by atoms with van der Waals surface area (Å²) >= 11 is 0. The molecule has 0 bridgehead atoms. The van der Waals surface area contributed by atoms with Crippen LogP contribution in [-0.2, 0) is 0 Å². The molecule has 28 heavy (non-hydrogen) atoms. The molecule has 0 saturated heterocycles. The zero-order valence-electron chi connectivity index (χ0n) is 16.1. The number of anilines is 2. The Hall–Kier alpha value is -3.21. The Morgan fingerprint density at radius 1 is 0.821 bits per heavy atom. The van der Waals surface area contributed by atoms with Crippen molar-refractivity contribution in [3.63, 3.8) is 0 Å². The predicted octanol–water partition coefficient (Wildman–Crippen LogP) is 5.18. The molecule has 0 amide bonds. The molecule has 0 unspecified atom stereocenters. The maximum absolute atomic E-state index is 12.3. The molecule has 0 radical (unpaired) electrons. The standard InChI is InChI=1S/C23H26N2O3/c1-2-3-4-5-10-27-21-8-6-17-14-22(9-7-16(17)13-21)28-23(26)18-11-19(24)15-20(25)12-18/h6-9,11-15H,2-5,10,24-25H2,1H3. The maximum Gasteiger partial charge on any atom is 0.343 e. The van der Waals surface area contributed by atoms with Crippen molar-refractivity contribution in [3.05, 3.63) is 60.2 Å². The number of hydrogen-bond acceptors (Lipinski definition) is 5. The van der Waals surface area contributed by atoms with Gasteiger partial charge in [-0.3, -0.25) is 0 Å². The molecule has 0 aliphatic heterocycles. The summed E-state index contributed by atoms with van der Waals surface area (Å²) in [5.41, 5.74) is 12.6. The van der Waals surface area contributed by atoms with Crippen LogP contribution in [0.25, 0.3) is 10.8 Å². The Morgan fingerprint density at radius 2 is 1.46 bits per heavy atom. The van der Waals surface area contributed by atoms with E-state index in [-0.39, 0.29) is 0 Å². The molecule has 3 aromatic carbocycles. The second kappa shape index (κ2) is 9.13. The Kier molecular flexibility index (Phi) is 6.37. The van der Waals surface area contributed by atoms with Gasteiger partial charge in [0.1, 0.15) is 11.5 Å². The van der Waals surface area contributed by atoms with Crippen molar-refractivity contribution in [1.29, 1.82) is 0 Å². The molecule has 146 valence electrons. The molecule has 0 atom stereocenters. The largest absolute Gasteiger partial charge is 0.494 e. The molecule has 0 saturated carbocycles. The zero-order chi connectivity index (χ0) is 19.9. The smallest absolute Gasteiger partial charge is 0.343 e. The van der Waals surface area contributed by atoms with E-state index < -0.39 is 5.97 Å². The van der Waals surface area contributed by atoms with E-state index in [1.165, 1.54) is 19.3 Å². The van der Waals surface area contributed by atoms with Gasteiger partial charge in [0.05, 0.1) is 12.2 Å². The molecular formula is C23H26N2O3. The van der Waals surface area contributed by atoms with Crippen LogP contribution in [0.3, 0.4) is 0 Å². The normalized spacial score (nSPS) is 10.8. The fourth-order valence-corrected chi connectivity index (χ4v) is 3.03. The second-order valence-electron chi connectivity index (χ2n) is 6.86. The summed E-state index contributed by atoms with van der Waals surface area (Å²) in [5.74, 6) is 0.820. The lowest BCUT2D eigenvalue weighted by Crippen LogP contribution is -2.09. The fraction of sp³-hybridized carbons (Fsp3) is 0.261. The number of fused-ring (bicyclic) bond motifs is 1. The number of rotatable bonds is 8. The average Bonchev–Trinajstić information content (AvgIpc) is 2.67. The SMILES string of the molecule is CCCCCCOc1ccc2cc(OC(=O)c3cc(N)cc(N)c3)ccc2c1. The molecule has 0 heterocycles. The molecule has 4 N–H and O–H groups in total. The van der Waals surface area contributed by atoms with Gasteiger partial charge in [-0.1, -0.05) is 38.3 Å². The zero-order valence-corrected chi connectivity index (χ0v) is 16.1. The van der Waals surface area contributed by atoms with Crippen molar-refractivity contribution in [1.82, 2.24) is 0 Å². The van der Waals surface area contributed by atoms with Gasteiger partial charge < -0.3 is 20.9 Å². The van der Waals surface area contributed by atoms with E-state index in [1.807, 2.05) is 30.3 Å². The molecule has 3 rings (SSSR count). The van der Waals surface area contributed by atoms with Gasteiger partial charge in [0.2, 0.25) is 0 Å². The van der Waals surface area contributed by atoms with Crippen LogP contribution in [0, 0.1) is 0 Å². The van der Waals surface area contributed by atoms with Gasteiger partial charge in [0, 0.05) is 11.4 Å². The minimum absolute atomic E-state index is 0.324. The number of esters is 1. The van der Waals surface area contributed by atoms with Crippen molar-refractivity contribution in [3.8, 4) is 11.5 Å². The van der Waals surface area contributed by atoms with Crippen LogP contribution < -0.4 is 20.9 Å². The van der Waals surface area contributed by atoms with E-state index in [0.717, 1.165) is 29.5 Å². The highest BCUT2D eigenvalue weighted by Crippen LogP contribution is 2.26. The van der Waals surface area contributed by atoms with Gasteiger partial charge in [-0.15, -0.1) is 0 Å². The maximum atomic E-state index is 12.3. The molecule has 0 fully saturated rings. The van der Waals surface area contributed by atoms with Gasteiger partial charge in [-0.25, -0.2) is 4.79 Å². The molecule has 0 aliphatic carbocycles. The van der Waals surface area contributed by atoms with Gasteiger partial charge >= 0.3 is 5.97 Å². The van der Waals surface area contributed by atoms with Gasteiger partial charge in [-0.05, 0) is 59.7 Å². The summed E-state index contributed by atoms with van der Waals surface area (Å²) in [4.78, 5) is 12.3. The first kappa shape index (κ1) is 19.5. The molecule has 5 heteroatoms. The van der Waals surface area contributed by atoms with Crippen LogP contribution in [0.15, 0.2) is 54.6 Å². The molecule has 5 nitrogen and oxygen atoms in total. The number of carbonyl (C=O) groups is 1. The summed E-state index contributed by atoms with van der Waals surface area (Å²) in [7, 11) is 0. The topological polar surface area (TPSA) is 87.6 Å². The van der Waals surface area contributed by atoms with Crippen LogP contribution in [0.1, 0.15) is 43.0 Å². The summed E-state index contributed by atoms with van der Waals surface area (Å²) in [6.07, 6.45) is 4.71. The van der Waals surface area contributed by atoms with E-state index >= 15 is 0 Å². The van der Waals surface area contributed by atoms with Crippen molar-refractivity contribution in [2.75, 3.05) is 18.1 Å². The summed E-state index contributed by atoms with van der Waals surface area (Å²) in [6.45, 7) is 2.92. The van der Waals surface area contributed by atoms with Crippen LogP contribution in [0.2, 0.25) is 0 Å². The average molecular weight is 378 g/mol. The molecule has 0 aromatic heterocycles. The third-order valence-corrected chi connectivity index (χ3v) is 4.47. The van der Waals surface area contributed by atoms with Crippen molar-refractivity contribution in [2.24, 2.45) is 0 Å². The minimum atomic E-state index is -0.495. The highest BCUT2D eigenvalue weighted by atomic mass is 16.5. The fourth-order valence-electron chi connectivity index (χ4n) is 3.03. The number of ether oxygens (including phenoxy) is 2. The van der Waals surface area contributed by atoms with E-state index in [4.69, 9.17) is 20.9 Å². The first-order valence-corrected chi connectivity index (χ1v) is 9.60. The van der Waals surface area contributed by atoms with Crippen molar-refractivity contribution >= 4 is 28.1 Å². The monoisotopic (exact) mass is 378 g/mol. The Bertz CT molecular complexity index is 949. The Balaban J connectivity index is 1.67. The summed E-state index contributed by atoms with van der Waals surface area (Å²) in [5, 5.41) is 2.00. The number of carbonyl (C=O) groups excluding carboxylic acids is 1. The van der Waals surface area contributed by atoms with Crippen LogP contribution >= 0.6 is 0 Å². The quantitative estimate of drug-likeness (QED) is 0.244. The second-order valence-corrected chi connectivity index (χ2v) is 6.86. The van der Waals surface area contributed by atoms with Crippen molar-refractivity contribution in [2.45, 2.75) is 32.6 Å². The molecule has 0 aliphatic rings. The lowest BCUT2D eigenvalue weighted by molar-refractivity contribution is 0.0735. The molecule has 0 spiro atoms. The van der Waals surface area contributed by atoms with Crippen LogP contribution in [0.4, 0.5) is 11.4 Å². The third-order valence-electron chi connectivity index (χ3n) is 4.47. The Labute approximate surface area is 165 Å². The number of unbranched alkanes of at least 4 members (excludes halogenated alkanes) is 3. The van der Waals surface area contributed by atoms with Crippen LogP contribution in [-0.4, -0.2) is 12.6 Å². The highest BCUT2D eigenvalue weighted by Gasteiger charge is 2.11. The van der Waals surface area contributed by atoms with Gasteiger partial charge in [0.15, 0.2) is 0 Å². The number of nitrogens with two attached hydrogens (primary N) is 2. The first-order valence-electron chi connectivity index (χ1n) is 9.60. The Morgan fingerprint density at radius 3 is 2.14 bits per heavy atom. The minimum Gasteiger partial charge on any atom is -0.494 e. The van der Waals surface area contributed by atoms with E-state index in [2.05, 4.69) is 6.92 Å². The summed E-state index contributed by atoms with van der Waals surface area (Å²) < 4.78 is 11.3. The number of benzene rings is 3. The first-order chi connectivity index (χ1) is 13.5. The van der Waals surface area contributed by atoms with Crippen LogP contribution in [0.5, 0.6) is 11.5 Å². The number of hydrogen-bond donors (Lipinski definition) is 2. The van der Waals surface area contributed by atoms with Gasteiger partial charge in [-0.2, -0.15) is 0 Å². The number of nitrogen functional groups attached to an aromatic ring is 2.